The molecule has 2 aromatic rings. The van der Waals surface area contributed by atoms with Gasteiger partial charge in [-0.2, -0.15) is 0 Å². The van der Waals surface area contributed by atoms with E-state index in [0.717, 1.165) is 12.0 Å². The lowest BCUT2D eigenvalue weighted by atomic mass is 10.1. The van der Waals surface area contributed by atoms with Gasteiger partial charge >= 0.3 is 0 Å². The summed E-state index contributed by atoms with van der Waals surface area (Å²) in [5.74, 6) is 0. The van der Waals surface area contributed by atoms with Crippen LogP contribution in [0.2, 0.25) is 0 Å². The number of nitrogens with one attached hydrogen (secondary N) is 2. The number of aliphatic hydroxyl groups is 1. The van der Waals surface area contributed by atoms with Crippen molar-refractivity contribution in [2.75, 3.05) is 11.3 Å². The second kappa shape index (κ2) is 5.90. The fourth-order valence-electron chi connectivity index (χ4n) is 1.76. The number of aliphatic hydroxyl groups excluding tert-OH is 1. The molecule has 0 aliphatic heterocycles. The third-order valence-corrected chi connectivity index (χ3v) is 4.06. The minimum absolute atomic E-state index is 0.124. The van der Waals surface area contributed by atoms with Crippen LogP contribution in [-0.4, -0.2) is 25.1 Å². The first-order chi connectivity index (χ1) is 9.12. The van der Waals surface area contributed by atoms with Gasteiger partial charge in [-0.1, -0.05) is 12.1 Å². The van der Waals surface area contributed by atoms with Crippen molar-refractivity contribution in [1.82, 2.24) is 4.98 Å². The third-order valence-electron chi connectivity index (χ3n) is 2.68. The Bertz CT molecular complexity index is 621. The van der Waals surface area contributed by atoms with E-state index in [0.29, 0.717) is 12.1 Å². The second-order valence-corrected chi connectivity index (χ2v) is 5.86. The molecule has 5 nitrogen and oxygen atoms in total. The Balaban J connectivity index is 2.15. The lowest BCUT2D eigenvalue weighted by molar-refractivity contribution is 0.288. The topological polar surface area (TPSA) is 82.2 Å². The van der Waals surface area contributed by atoms with Gasteiger partial charge in [0.15, 0.2) is 0 Å². The van der Waals surface area contributed by atoms with E-state index < -0.39 is 10.0 Å². The number of aryl methyl sites for hydroxylation is 1. The highest BCUT2D eigenvalue weighted by molar-refractivity contribution is 7.92. The van der Waals surface area contributed by atoms with Crippen molar-refractivity contribution in [3.8, 4) is 0 Å². The fourth-order valence-corrected chi connectivity index (χ4v) is 2.79. The predicted octanol–water partition coefficient (Wildman–Crippen LogP) is 1.74. The van der Waals surface area contributed by atoms with E-state index in [4.69, 9.17) is 5.11 Å². The normalized spacial score (nSPS) is 11.4. The van der Waals surface area contributed by atoms with E-state index in [1.165, 1.54) is 12.3 Å². The molecular formula is C13H16N2O3S. The first-order valence-corrected chi connectivity index (χ1v) is 7.45. The van der Waals surface area contributed by atoms with Gasteiger partial charge in [0.2, 0.25) is 0 Å². The van der Waals surface area contributed by atoms with Gasteiger partial charge in [-0.3, -0.25) is 4.72 Å². The summed E-state index contributed by atoms with van der Waals surface area (Å²) in [5, 5.41) is 8.79. The van der Waals surface area contributed by atoms with Crippen molar-refractivity contribution in [3.05, 3.63) is 48.3 Å². The summed E-state index contributed by atoms with van der Waals surface area (Å²) in [6, 6.07) is 8.68. The molecule has 19 heavy (non-hydrogen) atoms. The molecule has 0 radical (unpaired) electrons. The van der Waals surface area contributed by atoms with Crippen LogP contribution in [0, 0.1) is 0 Å². The lowest BCUT2D eigenvalue weighted by Crippen LogP contribution is -2.12. The predicted molar refractivity (Wildman–Crippen MR) is 73.5 cm³/mol. The van der Waals surface area contributed by atoms with Gasteiger partial charge in [0.1, 0.15) is 4.90 Å². The molecule has 102 valence electrons. The van der Waals surface area contributed by atoms with Crippen LogP contribution in [0.25, 0.3) is 0 Å². The smallest absolute Gasteiger partial charge is 0.263 e. The summed E-state index contributed by atoms with van der Waals surface area (Å²) >= 11 is 0. The second-order valence-electron chi connectivity index (χ2n) is 4.18. The van der Waals surface area contributed by atoms with Crippen molar-refractivity contribution in [3.63, 3.8) is 0 Å². The molecule has 0 amide bonds. The maximum absolute atomic E-state index is 12.0. The molecule has 0 fully saturated rings. The highest BCUT2D eigenvalue weighted by Crippen LogP contribution is 2.17. The van der Waals surface area contributed by atoms with Crippen LogP contribution < -0.4 is 4.72 Å². The van der Waals surface area contributed by atoms with Crippen LogP contribution in [-0.2, 0) is 16.4 Å². The van der Waals surface area contributed by atoms with Gasteiger partial charge in [0.25, 0.3) is 10.0 Å². The molecule has 0 spiro atoms. The molecule has 1 aromatic heterocycles. The number of H-pyrrole nitrogens is 1. The number of benzene rings is 1. The molecule has 0 unspecified atom stereocenters. The van der Waals surface area contributed by atoms with Crippen molar-refractivity contribution >= 4 is 15.7 Å². The Morgan fingerprint density at radius 2 is 2.11 bits per heavy atom. The van der Waals surface area contributed by atoms with E-state index in [2.05, 4.69) is 9.71 Å². The summed E-state index contributed by atoms with van der Waals surface area (Å²) in [7, 11) is -3.54. The Kier molecular flexibility index (Phi) is 4.24. The average molecular weight is 280 g/mol. The number of sulfonamides is 1. The summed E-state index contributed by atoms with van der Waals surface area (Å²) in [6.45, 7) is 0.124. The zero-order valence-corrected chi connectivity index (χ0v) is 11.2. The van der Waals surface area contributed by atoms with Gasteiger partial charge < -0.3 is 10.1 Å². The summed E-state index contributed by atoms with van der Waals surface area (Å²) in [5.41, 5.74) is 1.51. The number of aromatic nitrogens is 1. The molecule has 1 aromatic carbocycles. The molecule has 1 heterocycles. The minimum Gasteiger partial charge on any atom is -0.396 e. The Labute approximate surface area is 112 Å². The summed E-state index contributed by atoms with van der Waals surface area (Å²) in [4.78, 5) is 2.92. The monoisotopic (exact) mass is 280 g/mol. The quantitative estimate of drug-likeness (QED) is 0.753. The number of anilines is 1. The van der Waals surface area contributed by atoms with Crippen LogP contribution in [0.3, 0.4) is 0 Å². The van der Waals surface area contributed by atoms with E-state index in [9.17, 15) is 8.42 Å². The standard InChI is InChI=1S/C13H16N2O3S/c16-8-2-4-11-3-1-5-12(9-11)15-19(17,18)13-6-7-14-10-13/h1,3,5-7,9-10,14-16H,2,4,8H2. The van der Waals surface area contributed by atoms with Crippen molar-refractivity contribution < 1.29 is 13.5 Å². The van der Waals surface area contributed by atoms with Crippen LogP contribution in [0.1, 0.15) is 12.0 Å². The number of rotatable bonds is 6. The molecule has 0 saturated heterocycles. The fraction of sp³-hybridized carbons (Fsp3) is 0.231. The first-order valence-electron chi connectivity index (χ1n) is 5.97. The molecule has 0 bridgehead atoms. The van der Waals surface area contributed by atoms with E-state index in [-0.39, 0.29) is 11.5 Å². The van der Waals surface area contributed by atoms with Crippen LogP contribution in [0.4, 0.5) is 5.69 Å². The first kappa shape index (κ1) is 13.6. The van der Waals surface area contributed by atoms with E-state index in [1.807, 2.05) is 6.07 Å². The highest BCUT2D eigenvalue weighted by atomic mass is 32.2. The molecule has 3 N–H and O–H groups in total. The van der Waals surface area contributed by atoms with Crippen LogP contribution >= 0.6 is 0 Å². The number of aromatic amines is 1. The van der Waals surface area contributed by atoms with Gasteiger partial charge in [-0.25, -0.2) is 8.42 Å². The Hall–Kier alpha value is -1.79. The van der Waals surface area contributed by atoms with Gasteiger partial charge in [0.05, 0.1) is 0 Å². The molecule has 6 heteroatoms. The molecular weight excluding hydrogens is 264 g/mol. The van der Waals surface area contributed by atoms with Gasteiger partial charge in [-0.05, 0) is 36.6 Å². The minimum atomic E-state index is -3.54. The highest BCUT2D eigenvalue weighted by Gasteiger charge is 2.14. The molecule has 0 aliphatic carbocycles. The molecule has 0 saturated carbocycles. The Morgan fingerprint density at radius 3 is 2.79 bits per heavy atom. The van der Waals surface area contributed by atoms with Crippen molar-refractivity contribution in [2.45, 2.75) is 17.7 Å². The largest absolute Gasteiger partial charge is 0.396 e. The van der Waals surface area contributed by atoms with Gasteiger partial charge in [0, 0.05) is 24.7 Å². The molecule has 2 rings (SSSR count). The Morgan fingerprint density at radius 1 is 1.26 bits per heavy atom. The zero-order valence-electron chi connectivity index (χ0n) is 10.3. The maximum atomic E-state index is 12.0. The zero-order chi connectivity index (χ0) is 13.7. The third kappa shape index (κ3) is 3.59. The van der Waals surface area contributed by atoms with E-state index >= 15 is 0 Å². The lowest BCUT2D eigenvalue weighted by Gasteiger charge is -2.08. The van der Waals surface area contributed by atoms with Gasteiger partial charge in [-0.15, -0.1) is 0 Å². The molecule has 0 aliphatic rings. The van der Waals surface area contributed by atoms with Crippen LogP contribution in [0.15, 0.2) is 47.6 Å². The maximum Gasteiger partial charge on any atom is 0.263 e. The molecule has 0 atom stereocenters. The van der Waals surface area contributed by atoms with Crippen LogP contribution in [0.5, 0.6) is 0 Å². The van der Waals surface area contributed by atoms with Crippen molar-refractivity contribution in [2.24, 2.45) is 0 Å². The summed E-state index contributed by atoms with van der Waals surface area (Å²) < 4.78 is 26.6. The number of hydrogen-bond donors (Lipinski definition) is 3. The number of hydrogen-bond acceptors (Lipinski definition) is 3. The SMILES string of the molecule is O=S(=O)(Nc1cccc(CCCO)c1)c1cc[nH]c1. The van der Waals surface area contributed by atoms with Crippen molar-refractivity contribution in [1.29, 1.82) is 0 Å². The van der Waals surface area contributed by atoms with E-state index in [1.54, 1.807) is 24.4 Å². The summed E-state index contributed by atoms with van der Waals surface area (Å²) in [6.07, 6.45) is 4.37. The average Bonchev–Trinajstić information content (AvgIpc) is 2.91.